The first kappa shape index (κ1) is 21.0. The van der Waals surface area contributed by atoms with E-state index in [1.165, 1.54) is 12.1 Å². The van der Waals surface area contributed by atoms with Crippen molar-refractivity contribution in [2.24, 2.45) is 0 Å². The first-order valence-corrected chi connectivity index (χ1v) is 9.91. The van der Waals surface area contributed by atoms with E-state index in [0.29, 0.717) is 22.0 Å². The number of nitrogens with one attached hydrogen (secondary N) is 1. The molecule has 0 saturated heterocycles. The molecular weight excluding hydrogens is 430 g/mol. The minimum atomic E-state index is -1.14. The number of halogens is 1. The van der Waals surface area contributed by atoms with Gasteiger partial charge in [-0.05, 0) is 36.4 Å². The normalized spacial score (nSPS) is 11.3. The van der Waals surface area contributed by atoms with E-state index >= 15 is 0 Å². The first-order valence-electron chi connectivity index (χ1n) is 9.54. The van der Waals surface area contributed by atoms with Crippen molar-refractivity contribution in [3.63, 3.8) is 0 Å². The number of rotatable bonds is 6. The van der Waals surface area contributed by atoms with Gasteiger partial charge in [0, 0.05) is 22.7 Å². The second-order valence-corrected chi connectivity index (χ2v) is 7.31. The lowest BCUT2D eigenvalue weighted by Crippen LogP contribution is -2.13. The number of carboxylic acid groups (broad SMARTS) is 1. The summed E-state index contributed by atoms with van der Waals surface area (Å²) in [6, 6.07) is 19.2. The summed E-state index contributed by atoms with van der Waals surface area (Å²) in [6.07, 6.45) is 3.30. The fourth-order valence-corrected chi connectivity index (χ4v) is 3.51. The Balaban J connectivity index is 1.68. The molecule has 2 aromatic carbocycles. The molecule has 0 aliphatic heterocycles. The summed E-state index contributed by atoms with van der Waals surface area (Å²) >= 11 is 6.09. The van der Waals surface area contributed by atoms with Crippen molar-refractivity contribution in [1.82, 2.24) is 4.57 Å². The summed E-state index contributed by atoms with van der Waals surface area (Å²) in [4.78, 5) is 23.7. The highest BCUT2D eigenvalue weighted by atomic mass is 35.5. The van der Waals surface area contributed by atoms with Crippen molar-refractivity contribution in [3.8, 4) is 6.07 Å². The van der Waals surface area contributed by atoms with Crippen LogP contribution >= 0.6 is 11.6 Å². The molecule has 4 aromatic rings. The predicted molar refractivity (Wildman–Crippen MR) is 120 cm³/mol. The number of nitrogens with zero attached hydrogens (tertiary/aromatic N) is 2. The molecule has 0 bridgehead atoms. The molecule has 1 amide bonds. The fraction of sp³-hybridized carbons (Fsp3) is 0.0417. The van der Waals surface area contributed by atoms with Crippen molar-refractivity contribution in [2.45, 2.75) is 6.54 Å². The van der Waals surface area contributed by atoms with Crippen molar-refractivity contribution < 1.29 is 19.1 Å². The molecule has 2 aromatic heterocycles. The highest BCUT2D eigenvalue weighted by Crippen LogP contribution is 2.26. The number of nitriles is 1. The van der Waals surface area contributed by atoms with Gasteiger partial charge in [0.2, 0.25) is 5.76 Å². The third-order valence-corrected chi connectivity index (χ3v) is 5.13. The van der Waals surface area contributed by atoms with Gasteiger partial charge in [0.25, 0.3) is 5.91 Å². The summed E-state index contributed by atoms with van der Waals surface area (Å²) < 4.78 is 7.23. The summed E-state index contributed by atoms with van der Waals surface area (Å²) in [7, 11) is 0. The average Bonchev–Trinajstić information content (AvgIpc) is 3.39. The number of hydrogen-bond acceptors (Lipinski definition) is 4. The number of carbonyl (C=O) groups excluding carboxylic acids is 1. The topological polar surface area (TPSA) is 108 Å². The molecule has 0 aliphatic carbocycles. The summed E-state index contributed by atoms with van der Waals surface area (Å²) in [5.74, 6) is -1.38. The molecule has 0 radical (unpaired) electrons. The van der Waals surface area contributed by atoms with Gasteiger partial charge in [-0.25, -0.2) is 4.79 Å². The van der Waals surface area contributed by atoms with Gasteiger partial charge in [-0.3, -0.25) is 4.79 Å². The monoisotopic (exact) mass is 445 g/mol. The number of aromatic carboxylic acids is 1. The van der Waals surface area contributed by atoms with Gasteiger partial charge in [-0.15, -0.1) is 0 Å². The Morgan fingerprint density at radius 1 is 1.12 bits per heavy atom. The molecule has 0 spiro atoms. The second-order valence-electron chi connectivity index (χ2n) is 6.90. The lowest BCUT2D eigenvalue weighted by Gasteiger charge is -2.05. The minimum absolute atomic E-state index is 0.0843. The first-order chi connectivity index (χ1) is 15.5. The zero-order valence-corrected chi connectivity index (χ0v) is 17.3. The van der Waals surface area contributed by atoms with E-state index in [2.05, 4.69) is 5.32 Å². The molecule has 32 heavy (non-hydrogen) atoms. The van der Waals surface area contributed by atoms with Crippen molar-refractivity contribution in [3.05, 3.63) is 94.5 Å². The quantitative estimate of drug-likeness (QED) is 0.314. The van der Waals surface area contributed by atoms with E-state index in [1.807, 2.05) is 34.9 Å². The van der Waals surface area contributed by atoms with Gasteiger partial charge in [0.05, 0.1) is 17.3 Å². The van der Waals surface area contributed by atoms with Crippen LogP contribution in [0.2, 0.25) is 5.02 Å². The average molecular weight is 446 g/mol. The van der Waals surface area contributed by atoms with E-state index in [4.69, 9.17) is 21.1 Å². The molecular formula is C24H16ClN3O4. The number of carboxylic acids is 1. The molecule has 0 fully saturated rings. The zero-order valence-electron chi connectivity index (χ0n) is 16.6. The number of fused-ring (bicyclic) bond motifs is 1. The van der Waals surface area contributed by atoms with Gasteiger partial charge < -0.3 is 19.4 Å². The Bertz CT molecular complexity index is 1410. The number of furan rings is 1. The van der Waals surface area contributed by atoms with Crippen molar-refractivity contribution >= 4 is 46.1 Å². The molecule has 7 nitrogen and oxygen atoms in total. The number of anilines is 1. The van der Waals surface area contributed by atoms with Crippen LogP contribution in [0.15, 0.2) is 76.9 Å². The van der Waals surface area contributed by atoms with Crippen LogP contribution in [-0.2, 0) is 11.3 Å². The summed E-state index contributed by atoms with van der Waals surface area (Å²) in [5, 5.41) is 22.5. The Morgan fingerprint density at radius 3 is 2.59 bits per heavy atom. The number of aromatic nitrogens is 1. The Hall–Kier alpha value is -4.28. The van der Waals surface area contributed by atoms with Crippen LogP contribution in [0.3, 0.4) is 0 Å². The maximum absolute atomic E-state index is 12.7. The highest BCUT2D eigenvalue weighted by Gasteiger charge is 2.15. The van der Waals surface area contributed by atoms with Crippen LogP contribution < -0.4 is 5.32 Å². The van der Waals surface area contributed by atoms with Crippen molar-refractivity contribution in [2.75, 3.05) is 5.32 Å². The maximum Gasteiger partial charge on any atom is 0.371 e. The van der Waals surface area contributed by atoms with E-state index in [1.54, 1.807) is 36.5 Å². The summed E-state index contributed by atoms with van der Waals surface area (Å²) in [6.45, 7) is 0.287. The third-order valence-electron chi connectivity index (χ3n) is 4.80. The van der Waals surface area contributed by atoms with Crippen molar-refractivity contribution in [1.29, 1.82) is 5.26 Å². The van der Waals surface area contributed by atoms with E-state index < -0.39 is 11.9 Å². The van der Waals surface area contributed by atoms with E-state index in [0.717, 1.165) is 10.9 Å². The van der Waals surface area contributed by atoms with Crippen LogP contribution in [0.25, 0.3) is 17.0 Å². The lowest BCUT2D eigenvalue weighted by atomic mass is 10.1. The van der Waals surface area contributed by atoms with Gasteiger partial charge in [-0.1, -0.05) is 41.9 Å². The molecule has 2 N–H and O–H groups in total. The number of amides is 1. The standard InChI is InChI=1S/C24H16ClN3O4/c25-19-6-2-3-7-20(19)27-23(29)15(12-26)11-16-13-28(21-8-4-1-5-18(16)21)14-17-9-10-22(32-17)24(30)31/h1-11,13H,14H2,(H,27,29)(H,30,31)/b15-11-. The Kier molecular flexibility index (Phi) is 5.79. The van der Waals surface area contributed by atoms with Gasteiger partial charge in [0.15, 0.2) is 0 Å². The number of benzene rings is 2. The van der Waals surface area contributed by atoms with Crippen LogP contribution in [0, 0.1) is 11.3 Å². The van der Waals surface area contributed by atoms with Gasteiger partial charge in [-0.2, -0.15) is 5.26 Å². The molecule has 158 valence electrons. The summed E-state index contributed by atoms with van der Waals surface area (Å²) in [5.41, 5.74) is 1.83. The minimum Gasteiger partial charge on any atom is -0.475 e. The number of hydrogen-bond donors (Lipinski definition) is 2. The molecule has 0 unspecified atom stereocenters. The SMILES string of the molecule is N#C/C(=C/c1cn(Cc2ccc(C(=O)O)o2)c2ccccc12)C(=O)Nc1ccccc1Cl. The zero-order chi connectivity index (χ0) is 22.7. The number of para-hydroxylation sites is 2. The predicted octanol–water partition coefficient (Wildman–Crippen LogP) is 5.18. The van der Waals surface area contributed by atoms with E-state index in [9.17, 15) is 14.9 Å². The fourth-order valence-electron chi connectivity index (χ4n) is 3.32. The smallest absolute Gasteiger partial charge is 0.371 e. The van der Waals surface area contributed by atoms with Gasteiger partial charge >= 0.3 is 5.97 Å². The molecule has 0 aliphatic rings. The molecule has 0 saturated carbocycles. The van der Waals surface area contributed by atoms with Gasteiger partial charge in [0.1, 0.15) is 17.4 Å². The van der Waals surface area contributed by atoms with Crippen LogP contribution in [0.1, 0.15) is 21.9 Å². The molecule has 4 rings (SSSR count). The lowest BCUT2D eigenvalue weighted by molar-refractivity contribution is -0.112. The molecule has 0 atom stereocenters. The number of carbonyl (C=O) groups is 2. The van der Waals surface area contributed by atoms with E-state index in [-0.39, 0.29) is 17.9 Å². The highest BCUT2D eigenvalue weighted by molar-refractivity contribution is 6.34. The molecule has 2 heterocycles. The maximum atomic E-state index is 12.7. The third kappa shape index (κ3) is 4.26. The second kappa shape index (κ2) is 8.84. The largest absolute Gasteiger partial charge is 0.475 e. The Labute approximate surface area is 187 Å². The Morgan fingerprint density at radius 2 is 1.88 bits per heavy atom. The van der Waals surface area contributed by atoms with Crippen LogP contribution in [0.4, 0.5) is 5.69 Å². The van der Waals surface area contributed by atoms with Crippen LogP contribution in [0.5, 0.6) is 0 Å². The van der Waals surface area contributed by atoms with Crippen LogP contribution in [-0.4, -0.2) is 21.6 Å². The molecule has 8 heteroatoms.